The topological polar surface area (TPSA) is 46.3 Å². The van der Waals surface area contributed by atoms with Crippen molar-refractivity contribution < 1.29 is 4.79 Å². The van der Waals surface area contributed by atoms with Gasteiger partial charge in [-0.15, -0.1) is 11.3 Å². The molecular formula is C14H22N2OS. The van der Waals surface area contributed by atoms with Crippen LogP contribution in [0.3, 0.4) is 0 Å². The normalized spacial score (nSPS) is 19.8. The number of carbonyl (C=O) groups excluding carboxylic acids is 1. The first-order valence-electron chi connectivity index (χ1n) is 6.58. The first kappa shape index (κ1) is 13.6. The number of hydrogen-bond acceptors (Lipinski definition) is 3. The van der Waals surface area contributed by atoms with Crippen LogP contribution in [0.25, 0.3) is 0 Å². The lowest BCUT2D eigenvalue weighted by molar-refractivity contribution is -0.143. The lowest BCUT2D eigenvalue weighted by Gasteiger charge is -2.39. The van der Waals surface area contributed by atoms with Gasteiger partial charge in [0.05, 0.1) is 11.5 Å². The summed E-state index contributed by atoms with van der Waals surface area (Å²) < 4.78 is 0. The number of fused-ring (bicyclic) bond motifs is 1. The molecule has 1 aliphatic rings. The van der Waals surface area contributed by atoms with Crippen molar-refractivity contribution >= 4 is 17.2 Å². The van der Waals surface area contributed by atoms with Crippen LogP contribution < -0.4 is 5.73 Å². The molecule has 1 amide bonds. The second-order valence-electron chi connectivity index (χ2n) is 5.56. The molecule has 100 valence electrons. The second kappa shape index (κ2) is 5.02. The molecule has 0 saturated carbocycles. The van der Waals surface area contributed by atoms with Gasteiger partial charge in [-0.3, -0.25) is 4.79 Å². The molecule has 1 aromatic rings. The molecule has 4 heteroatoms. The molecule has 0 saturated heterocycles. The molecule has 2 rings (SSSR count). The van der Waals surface area contributed by atoms with Gasteiger partial charge in [-0.05, 0) is 43.7 Å². The highest BCUT2D eigenvalue weighted by Gasteiger charge is 2.37. The van der Waals surface area contributed by atoms with Gasteiger partial charge in [0, 0.05) is 18.0 Å². The van der Waals surface area contributed by atoms with Crippen LogP contribution in [0, 0.1) is 5.41 Å². The highest BCUT2D eigenvalue weighted by molar-refractivity contribution is 7.10. The van der Waals surface area contributed by atoms with Gasteiger partial charge in [0.15, 0.2) is 0 Å². The predicted molar refractivity (Wildman–Crippen MR) is 75.6 cm³/mol. The fourth-order valence-corrected chi connectivity index (χ4v) is 3.48. The summed E-state index contributed by atoms with van der Waals surface area (Å²) in [6.45, 7) is 7.24. The van der Waals surface area contributed by atoms with Gasteiger partial charge in [-0.25, -0.2) is 0 Å². The molecular weight excluding hydrogens is 244 g/mol. The molecule has 0 bridgehead atoms. The van der Waals surface area contributed by atoms with Crippen molar-refractivity contribution in [2.75, 3.05) is 13.1 Å². The Balaban J connectivity index is 2.28. The fourth-order valence-electron chi connectivity index (χ4n) is 2.56. The van der Waals surface area contributed by atoms with Crippen molar-refractivity contribution in [1.82, 2.24) is 4.90 Å². The molecule has 3 nitrogen and oxygen atoms in total. The monoisotopic (exact) mass is 266 g/mol. The number of nitrogens with zero attached hydrogens (tertiary/aromatic N) is 1. The first-order chi connectivity index (χ1) is 8.51. The number of hydrogen-bond donors (Lipinski definition) is 1. The van der Waals surface area contributed by atoms with Crippen LogP contribution in [0.2, 0.25) is 0 Å². The number of nitrogens with two attached hydrogens (primary N) is 1. The van der Waals surface area contributed by atoms with Crippen molar-refractivity contribution in [3.8, 4) is 0 Å². The van der Waals surface area contributed by atoms with E-state index in [-0.39, 0.29) is 11.9 Å². The van der Waals surface area contributed by atoms with Gasteiger partial charge in [0.25, 0.3) is 0 Å². The van der Waals surface area contributed by atoms with Crippen molar-refractivity contribution in [3.63, 3.8) is 0 Å². The zero-order valence-electron chi connectivity index (χ0n) is 11.4. The molecule has 0 radical (unpaired) electrons. The fraction of sp³-hybridized carbons (Fsp3) is 0.643. The Labute approximate surface area is 113 Å². The highest BCUT2D eigenvalue weighted by Crippen LogP contribution is 2.37. The minimum atomic E-state index is -0.457. The van der Waals surface area contributed by atoms with E-state index in [0.29, 0.717) is 6.54 Å². The van der Waals surface area contributed by atoms with E-state index in [4.69, 9.17) is 5.73 Å². The van der Waals surface area contributed by atoms with E-state index in [1.165, 1.54) is 10.4 Å². The van der Waals surface area contributed by atoms with Crippen LogP contribution in [0.5, 0.6) is 0 Å². The van der Waals surface area contributed by atoms with Crippen LogP contribution in [-0.2, 0) is 11.2 Å². The maximum Gasteiger partial charge on any atom is 0.230 e. The third-order valence-corrected chi connectivity index (χ3v) is 4.83. The Hall–Kier alpha value is -0.870. The Bertz CT molecular complexity index is 439. The molecule has 18 heavy (non-hydrogen) atoms. The van der Waals surface area contributed by atoms with Crippen LogP contribution in [0.1, 0.15) is 43.7 Å². The number of rotatable bonds is 3. The van der Waals surface area contributed by atoms with E-state index >= 15 is 0 Å². The zero-order valence-corrected chi connectivity index (χ0v) is 12.2. The number of carbonyl (C=O) groups is 1. The average Bonchev–Trinajstić information content (AvgIpc) is 2.84. The zero-order chi connectivity index (χ0) is 13.3. The van der Waals surface area contributed by atoms with Crippen LogP contribution >= 0.6 is 11.3 Å². The van der Waals surface area contributed by atoms with E-state index in [1.807, 2.05) is 30.1 Å². The first-order valence-corrected chi connectivity index (χ1v) is 7.46. The summed E-state index contributed by atoms with van der Waals surface area (Å²) >= 11 is 1.81. The third kappa shape index (κ3) is 2.19. The summed E-state index contributed by atoms with van der Waals surface area (Å²) in [5, 5.41) is 2.13. The second-order valence-corrected chi connectivity index (χ2v) is 6.56. The predicted octanol–water partition coefficient (Wildman–Crippen LogP) is 2.57. The summed E-state index contributed by atoms with van der Waals surface area (Å²) in [5.74, 6) is 0.189. The number of thiophene rings is 1. The SMILES string of the molecule is CCC1c2ccsc2CCN1C(=O)C(C)(C)CN. The Kier molecular flexibility index (Phi) is 3.78. The molecule has 1 atom stereocenters. The molecule has 1 aromatic heterocycles. The molecule has 1 unspecified atom stereocenters. The lowest BCUT2D eigenvalue weighted by atomic mass is 9.88. The molecule has 1 aliphatic heterocycles. The highest BCUT2D eigenvalue weighted by atomic mass is 32.1. The van der Waals surface area contributed by atoms with Crippen molar-refractivity contribution in [2.45, 2.75) is 39.7 Å². The quantitative estimate of drug-likeness (QED) is 0.914. The standard InChI is InChI=1S/C14H22N2OS/c1-4-11-10-6-8-18-12(10)5-7-16(11)13(17)14(2,3)9-15/h6,8,11H,4-5,7,9,15H2,1-3H3. The largest absolute Gasteiger partial charge is 0.335 e. The Morgan fingerprint density at radius 2 is 2.33 bits per heavy atom. The smallest absolute Gasteiger partial charge is 0.230 e. The van der Waals surface area contributed by atoms with E-state index in [0.717, 1.165) is 19.4 Å². The van der Waals surface area contributed by atoms with Crippen LogP contribution in [-0.4, -0.2) is 23.9 Å². The van der Waals surface area contributed by atoms with Gasteiger partial charge < -0.3 is 10.6 Å². The summed E-state index contributed by atoms with van der Waals surface area (Å²) in [4.78, 5) is 16.1. The van der Waals surface area contributed by atoms with E-state index < -0.39 is 5.41 Å². The summed E-state index contributed by atoms with van der Waals surface area (Å²) in [6.07, 6.45) is 1.95. The molecule has 2 heterocycles. The summed E-state index contributed by atoms with van der Waals surface area (Å²) in [5.41, 5.74) is 6.62. The molecule has 0 aromatic carbocycles. The van der Waals surface area contributed by atoms with Crippen LogP contribution in [0.4, 0.5) is 0 Å². The summed E-state index contributed by atoms with van der Waals surface area (Å²) in [7, 11) is 0. The maximum atomic E-state index is 12.6. The van der Waals surface area contributed by atoms with Gasteiger partial charge >= 0.3 is 0 Å². The minimum Gasteiger partial charge on any atom is -0.335 e. The van der Waals surface area contributed by atoms with Crippen molar-refractivity contribution in [3.05, 3.63) is 21.9 Å². The molecule has 0 spiro atoms. The van der Waals surface area contributed by atoms with E-state index in [9.17, 15) is 4.79 Å². The van der Waals surface area contributed by atoms with E-state index in [1.54, 1.807) is 0 Å². The van der Waals surface area contributed by atoms with Crippen molar-refractivity contribution in [1.29, 1.82) is 0 Å². The molecule has 2 N–H and O–H groups in total. The van der Waals surface area contributed by atoms with Crippen LogP contribution in [0.15, 0.2) is 11.4 Å². The minimum absolute atomic E-state index is 0.189. The van der Waals surface area contributed by atoms with E-state index in [2.05, 4.69) is 18.4 Å². The third-order valence-electron chi connectivity index (χ3n) is 3.83. The molecule has 0 fully saturated rings. The van der Waals surface area contributed by atoms with Crippen molar-refractivity contribution in [2.24, 2.45) is 11.1 Å². The number of amides is 1. The average molecular weight is 266 g/mol. The summed E-state index contributed by atoms with van der Waals surface area (Å²) in [6, 6.07) is 2.40. The van der Waals surface area contributed by atoms with Gasteiger partial charge in [0.1, 0.15) is 0 Å². The molecule has 0 aliphatic carbocycles. The van der Waals surface area contributed by atoms with Gasteiger partial charge in [-0.2, -0.15) is 0 Å². The Morgan fingerprint density at radius 3 is 2.94 bits per heavy atom. The maximum absolute atomic E-state index is 12.6. The van der Waals surface area contributed by atoms with Gasteiger partial charge in [-0.1, -0.05) is 6.92 Å². The lowest BCUT2D eigenvalue weighted by Crippen LogP contribution is -2.48. The van der Waals surface area contributed by atoms with Gasteiger partial charge in [0.2, 0.25) is 5.91 Å². The Morgan fingerprint density at radius 1 is 1.61 bits per heavy atom.